The first-order valence-corrected chi connectivity index (χ1v) is 5.12. The smallest absolute Gasteiger partial charge is 0.322 e. The normalized spacial score (nSPS) is 25.1. The maximum Gasteiger partial charge on any atom is 0.322 e. The zero-order chi connectivity index (χ0) is 10.8. The summed E-state index contributed by atoms with van der Waals surface area (Å²) in [6.45, 7) is 0. The topological polar surface area (TPSA) is 55.7 Å². The number of esters is 1. The van der Waals surface area contributed by atoms with Gasteiger partial charge in [0.05, 0.1) is 7.11 Å². The van der Waals surface area contributed by atoms with Gasteiger partial charge in [-0.05, 0) is 31.3 Å². The van der Waals surface area contributed by atoms with Crippen LogP contribution in [-0.4, -0.2) is 24.7 Å². The molecule has 0 saturated heterocycles. The van der Waals surface area contributed by atoms with Crippen LogP contribution in [0.3, 0.4) is 0 Å². The molecule has 4 heteroatoms. The van der Waals surface area contributed by atoms with Gasteiger partial charge in [0.25, 0.3) is 5.91 Å². The summed E-state index contributed by atoms with van der Waals surface area (Å²) >= 11 is 0. The van der Waals surface area contributed by atoms with E-state index >= 15 is 0 Å². The first-order chi connectivity index (χ1) is 7.22. The van der Waals surface area contributed by atoms with Crippen LogP contribution in [0.1, 0.15) is 25.7 Å². The molecule has 1 atom stereocenters. The van der Waals surface area contributed by atoms with Crippen LogP contribution in [0.4, 0.5) is 0 Å². The van der Waals surface area contributed by atoms with E-state index in [0.717, 1.165) is 37.0 Å². The van der Waals surface area contributed by atoms with Crippen LogP contribution >= 0.6 is 0 Å². The fraction of sp³-hybridized carbons (Fsp3) is 0.545. The molecule has 1 aliphatic carbocycles. The van der Waals surface area contributed by atoms with Gasteiger partial charge in [-0.3, -0.25) is 9.59 Å². The van der Waals surface area contributed by atoms with Crippen LogP contribution in [0.5, 0.6) is 0 Å². The highest BCUT2D eigenvalue weighted by molar-refractivity contribution is 6.14. The van der Waals surface area contributed by atoms with Gasteiger partial charge in [-0.1, -0.05) is 6.08 Å². The molecular weight excluding hydrogens is 194 g/mol. The second-order valence-electron chi connectivity index (χ2n) is 3.80. The molecule has 1 fully saturated rings. The summed E-state index contributed by atoms with van der Waals surface area (Å²) in [5.74, 6) is -1.71. The maximum atomic E-state index is 11.5. The standard InChI is InChI=1S/C11H13NO3/c1-15-11(14)8-6-7-4-2-3-5-9(7)12-10(8)13/h6,8H,2-5H2,1H3. The first kappa shape index (κ1) is 10.1. The van der Waals surface area contributed by atoms with E-state index in [9.17, 15) is 9.59 Å². The number of methoxy groups -OCH3 is 1. The molecule has 1 heterocycles. The van der Waals surface area contributed by atoms with Crippen molar-refractivity contribution in [2.24, 2.45) is 10.9 Å². The zero-order valence-electron chi connectivity index (χ0n) is 8.66. The number of carbonyl (C=O) groups is 2. The van der Waals surface area contributed by atoms with Crippen LogP contribution in [-0.2, 0) is 14.3 Å². The van der Waals surface area contributed by atoms with Crippen molar-refractivity contribution in [1.82, 2.24) is 0 Å². The summed E-state index contributed by atoms with van der Waals surface area (Å²) in [6.07, 6.45) is 5.67. The van der Waals surface area contributed by atoms with Crippen LogP contribution in [0.2, 0.25) is 0 Å². The Hall–Kier alpha value is -1.45. The van der Waals surface area contributed by atoms with Crippen LogP contribution < -0.4 is 0 Å². The molecule has 15 heavy (non-hydrogen) atoms. The van der Waals surface area contributed by atoms with Crippen molar-refractivity contribution in [2.75, 3.05) is 7.11 Å². The Morgan fingerprint density at radius 1 is 1.47 bits per heavy atom. The monoisotopic (exact) mass is 207 g/mol. The molecule has 1 saturated carbocycles. The quantitative estimate of drug-likeness (QED) is 0.480. The number of hydrogen-bond acceptors (Lipinski definition) is 3. The average molecular weight is 207 g/mol. The Morgan fingerprint density at radius 3 is 2.93 bits per heavy atom. The average Bonchev–Trinajstić information content (AvgIpc) is 2.27. The number of fused-ring (bicyclic) bond motifs is 1. The molecular formula is C11H13NO3. The lowest BCUT2D eigenvalue weighted by Crippen LogP contribution is -2.28. The fourth-order valence-electron chi connectivity index (χ4n) is 1.99. The number of allylic oxidation sites excluding steroid dienone is 1. The summed E-state index contributed by atoms with van der Waals surface area (Å²) in [5, 5.41) is 0. The van der Waals surface area contributed by atoms with Crippen LogP contribution in [0, 0.1) is 5.92 Å². The van der Waals surface area contributed by atoms with Crippen molar-refractivity contribution in [3.05, 3.63) is 11.6 Å². The molecule has 1 aliphatic heterocycles. The van der Waals surface area contributed by atoms with E-state index < -0.39 is 11.9 Å². The zero-order valence-corrected chi connectivity index (χ0v) is 8.66. The summed E-state index contributed by atoms with van der Waals surface area (Å²) in [6, 6.07) is 0. The van der Waals surface area contributed by atoms with E-state index in [1.165, 1.54) is 7.11 Å². The van der Waals surface area contributed by atoms with E-state index in [4.69, 9.17) is 0 Å². The minimum atomic E-state index is -0.813. The molecule has 0 spiro atoms. The summed E-state index contributed by atoms with van der Waals surface area (Å²) in [5.41, 5.74) is 1.92. The molecule has 0 aromatic rings. The number of nitrogens with zero attached hydrogens (tertiary/aromatic N) is 1. The van der Waals surface area contributed by atoms with E-state index in [1.807, 2.05) is 0 Å². The molecule has 0 aromatic carbocycles. The minimum Gasteiger partial charge on any atom is -0.468 e. The Labute approximate surface area is 88.0 Å². The third-order valence-electron chi connectivity index (χ3n) is 2.81. The van der Waals surface area contributed by atoms with Gasteiger partial charge in [-0.25, -0.2) is 4.99 Å². The third kappa shape index (κ3) is 1.84. The van der Waals surface area contributed by atoms with Crippen LogP contribution in [0.25, 0.3) is 0 Å². The Balaban J connectivity index is 2.25. The number of amides is 1. The Morgan fingerprint density at radius 2 is 2.20 bits per heavy atom. The van der Waals surface area contributed by atoms with E-state index in [-0.39, 0.29) is 5.91 Å². The number of dihydropyridines is 1. The minimum absolute atomic E-state index is 0.387. The maximum absolute atomic E-state index is 11.5. The Kier molecular flexibility index (Phi) is 2.66. The number of aliphatic imine (C=N–C) groups is 1. The molecule has 0 radical (unpaired) electrons. The molecule has 0 aromatic heterocycles. The third-order valence-corrected chi connectivity index (χ3v) is 2.81. The van der Waals surface area contributed by atoms with Gasteiger partial charge >= 0.3 is 5.97 Å². The highest BCUT2D eigenvalue weighted by atomic mass is 16.5. The van der Waals surface area contributed by atoms with Gasteiger partial charge in [-0.2, -0.15) is 0 Å². The van der Waals surface area contributed by atoms with Gasteiger partial charge in [0, 0.05) is 5.71 Å². The van der Waals surface area contributed by atoms with Crippen molar-refractivity contribution in [3.63, 3.8) is 0 Å². The second-order valence-corrected chi connectivity index (χ2v) is 3.80. The van der Waals surface area contributed by atoms with Crippen molar-refractivity contribution >= 4 is 17.6 Å². The lowest BCUT2D eigenvalue weighted by atomic mass is 9.87. The number of ether oxygens (including phenoxy) is 1. The molecule has 0 N–H and O–H groups in total. The van der Waals surface area contributed by atoms with Crippen molar-refractivity contribution in [2.45, 2.75) is 25.7 Å². The van der Waals surface area contributed by atoms with Crippen molar-refractivity contribution < 1.29 is 14.3 Å². The summed E-state index contributed by atoms with van der Waals surface area (Å²) in [7, 11) is 1.29. The SMILES string of the molecule is COC(=O)C1C=C2CCCCC2=NC1=O. The molecule has 0 bridgehead atoms. The summed E-state index contributed by atoms with van der Waals surface area (Å²) in [4.78, 5) is 26.8. The predicted octanol–water partition coefficient (Wildman–Crippen LogP) is 1.26. The van der Waals surface area contributed by atoms with Crippen molar-refractivity contribution in [1.29, 1.82) is 0 Å². The summed E-state index contributed by atoms with van der Waals surface area (Å²) < 4.78 is 4.57. The van der Waals surface area contributed by atoms with E-state index in [2.05, 4.69) is 9.73 Å². The van der Waals surface area contributed by atoms with Gasteiger partial charge < -0.3 is 4.74 Å². The molecule has 1 amide bonds. The van der Waals surface area contributed by atoms with E-state index in [0.29, 0.717) is 0 Å². The number of hydrogen-bond donors (Lipinski definition) is 0. The highest BCUT2D eigenvalue weighted by Crippen LogP contribution is 2.26. The Bertz CT molecular complexity index is 368. The van der Waals surface area contributed by atoms with Gasteiger partial charge in [-0.15, -0.1) is 0 Å². The van der Waals surface area contributed by atoms with Crippen LogP contribution in [0.15, 0.2) is 16.6 Å². The molecule has 2 aliphatic rings. The molecule has 2 rings (SSSR count). The van der Waals surface area contributed by atoms with Gasteiger partial charge in [0.15, 0.2) is 5.92 Å². The predicted molar refractivity (Wildman–Crippen MR) is 54.5 cm³/mol. The second kappa shape index (κ2) is 3.96. The lowest BCUT2D eigenvalue weighted by molar-refractivity contribution is -0.147. The van der Waals surface area contributed by atoms with Crippen molar-refractivity contribution in [3.8, 4) is 0 Å². The fourth-order valence-corrected chi connectivity index (χ4v) is 1.99. The first-order valence-electron chi connectivity index (χ1n) is 5.12. The number of carbonyl (C=O) groups excluding carboxylic acids is 2. The lowest BCUT2D eigenvalue weighted by Gasteiger charge is -2.22. The highest BCUT2D eigenvalue weighted by Gasteiger charge is 2.31. The van der Waals surface area contributed by atoms with Gasteiger partial charge in [0.2, 0.25) is 0 Å². The van der Waals surface area contributed by atoms with Gasteiger partial charge in [0.1, 0.15) is 0 Å². The van der Waals surface area contributed by atoms with E-state index in [1.54, 1.807) is 6.08 Å². The molecule has 4 nitrogen and oxygen atoms in total. The molecule has 1 unspecified atom stereocenters. The largest absolute Gasteiger partial charge is 0.468 e. The number of rotatable bonds is 1. The molecule has 80 valence electrons.